The van der Waals surface area contributed by atoms with Gasteiger partial charge in [0.2, 0.25) is 0 Å². The molecule has 0 spiro atoms. The van der Waals surface area contributed by atoms with Crippen molar-refractivity contribution in [1.29, 1.82) is 0 Å². The molecule has 0 aliphatic carbocycles. The highest BCUT2D eigenvalue weighted by Gasteiger charge is 2.08. The van der Waals surface area contributed by atoms with Gasteiger partial charge in [-0.15, -0.1) is 0 Å². The van der Waals surface area contributed by atoms with Crippen LogP contribution in [0.3, 0.4) is 0 Å². The van der Waals surface area contributed by atoms with Gasteiger partial charge in [0, 0.05) is 23.7 Å². The van der Waals surface area contributed by atoms with Gasteiger partial charge < -0.3 is 4.57 Å². The summed E-state index contributed by atoms with van der Waals surface area (Å²) in [4.78, 5) is 12.3. The fraction of sp³-hybridized carbons (Fsp3) is 0.211. The summed E-state index contributed by atoms with van der Waals surface area (Å²) in [7, 11) is 0. The molecule has 3 aromatic rings. The Morgan fingerprint density at radius 3 is 2.59 bits per heavy atom. The van der Waals surface area contributed by atoms with Crippen molar-refractivity contribution in [2.75, 3.05) is 0 Å². The molecule has 0 aliphatic heterocycles. The zero-order valence-corrected chi connectivity index (χ0v) is 12.6. The van der Waals surface area contributed by atoms with E-state index in [1.54, 1.807) is 18.2 Å². The molecule has 0 amide bonds. The number of pyridine rings is 1. The Labute approximate surface area is 128 Å². The average molecular weight is 295 g/mol. The Hall–Kier alpha value is -2.42. The minimum absolute atomic E-state index is 0.0505. The number of fused-ring (bicyclic) bond motifs is 1. The Morgan fingerprint density at radius 1 is 1.00 bits per heavy atom. The van der Waals surface area contributed by atoms with Crippen LogP contribution in [0.2, 0.25) is 0 Å². The fourth-order valence-corrected chi connectivity index (χ4v) is 2.92. The van der Waals surface area contributed by atoms with Crippen LogP contribution in [0, 0.1) is 5.82 Å². The second kappa shape index (κ2) is 6.14. The summed E-state index contributed by atoms with van der Waals surface area (Å²) in [5.74, 6) is -0.219. The number of rotatable bonds is 4. The van der Waals surface area contributed by atoms with E-state index in [0.717, 1.165) is 41.5 Å². The Bertz CT molecular complexity index is 867. The number of halogens is 1. The molecule has 0 bridgehead atoms. The first kappa shape index (κ1) is 14.5. The highest BCUT2D eigenvalue weighted by molar-refractivity contribution is 5.79. The fourth-order valence-electron chi connectivity index (χ4n) is 2.92. The average Bonchev–Trinajstić information content (AvgIpc) is 2.53. The molecule has 2 nitrogen and oxygen atoms in total. The number of para-hydroxylation sites is 1. The van der Waals surface area contributed by atoms with E-state index in [9.17, 15) is 9.18 Å². The SMILES string of the molecule is CCn1c(CCc2cccc(F)c2)cc(=O)c2ccccc21. The van der Waals surface area contributed by atoms with Gasteiger partial charge in [0.25, 0.3) is 0 Å². The third kappa shape index (κ3) is 2.80. The van der Waals surface area contributed by atoms with Gasteiger partial charge in [-0.05, 0) is 49.6 Å². The van der Waals surface area contributed by atoms with Crippen molar-refractivity contribution >= 4 is 10.9 Å². The van der Waals surface area contributed by atoms with Crippen molar-refractivity contribution in [3.63, 3.8) is 0 Å². The monoisotopic (exact) mass is 295 g/mol. The topological polar surface area (TPSA) is 22.0 Å². The molecule has 0 unspecified atom stereocenters. The Kier molecular flexibility index (Phi) is 4.05. The molecule has 1 heterocycles. The Balaban J connectivity index is 1.98. The minimum atomic E-state index is -0.219. The molecule has 0 aliphatic rings. The molecular formula is C19H18FNO. The van der Waals surface area contributed by atoms with Gasteiger partial charge in [-0.2, -0.15) is 0 Å². The van der Waals surface area contributed by atoms with E-state index >= 15 is 0 Å². The smallest absolute Gasteiger partial charge is 0.189 e. The standard InChI is InChI=1S/C19H18FNO/c1-2-21-16(11-10-14-6-5-7-15(20)12-14)13-19(22)17-8-3-4-9-18(17)21/h3-9,12-13H,2,10-11H2,1H3. The molecule has 0 radical (unpaired) electrons. The van der Waals surface area contributed by atoms with Crippen LogP contribution in [0.15, 0.2) is 59.4 Å². The lowest BCUT2D eigenvalue weighted by Crippen LogP contribution is -2.14. The molecule has 112 valence electrons. The number of hydrogen-bond donors (Lipinski definition) is 0. The van der Waals surface area contributed by atoms with Crippen LogP contribution in [0.5, 0.6) is 0 Å². The zero-order chi connectivity index (χ0) is 15.5. The maximum Gasteiger partial charge on any atom is 0.189 e. The van der Waals surface area contributed by atoms with E-state index in [-0.39, 0.29) is 11.2 Å². The van der Waals surface area contributed by atoms with Gasteiger partial charge in [0.05, 0.1) is 5.52 Å². The number of aryl methyl sites for hydroxylation is 3. The lowest BCUT2D eigenvalue weighted by molar-refractivity contribution is 0.624. The number of nitrogens with zero attached hydrogens (tertiary/aromatic N) is 1. The molecule has 1 aromatic heterocycles. The minimum Gasteiger partial charge on any atom is -0.345 e. The lowest BCUT2D eigenvalue weighted by Gasteiger charge is -2.15. The van der Waals surface area contributed by atoms with Gasteiger partial charge in [-0.1, -0.05) is 24.3 Å². The van der Waals surface area contributed by atoms with Crippen LogP contribution < -0.4 is 5.43 Å². The predicted octanol–water partition coefficient (Wildman–Crippen LogP) is 3.95. The third-order valence-electron chi connectivity index (χ3n) is 3.98. The molecule has 0 saturated carbocycles. The van der Waals surface area contributed by atoms with Crippen molar-refractivity contribution in [1.82, 2.24) is 4.57 Å². The van der Waals surface area contributed by atoms with E-state index in [4.69, 9.17) is 0 Å². The molecule has 22 heavy (non-hydrogen) atoms. The number of benzene rings is 2. The summed E-state index contributed by atoms with van der Waals surface area (Å²) in [5, 5.41) is 0.749. The van der Waals surface area contributed by atoms with E-state index in [2.05, 4.69) is 11.5 Å². The highest BCUT2D eigenvalue weighted by atomic mass is 19.1. The molecule has 0 saturated heterocycles. The number of hydrogen-bond acceptors (Lipinski definition) is 1. The molecule has 0 N–H and O–H groups in total. The second-order valence-corrected chi connectivity index (χ2v) is 5.39. The van der Waals surface area contributed by atoms with Crippen LogP contribution in [0.25, 0.3) is 10.9 Å². The van der Waals surface area contributed by atoms with Crippen LogP contribution in [-0.2, 0) is 19.4 Å². The Morgan fingerprint density at radius 2 is 1.82 bits per heavy atom. The third-order valence-corrected chi connectivity index (χ3v) is 3.98. The summed E-state index contributed by atoms with van der Waals surface area (Å²) in [6.07, 6.45) is 1.44. The van der Waals surface area contributed by atoms with Crippen molar-refractivity contribution in [3.05, 3.63) is 81.9 Å². The van der Waals surface area contributed by atoms with E-state index in [1.807, 2.05) is 30.3 Å². The summed E-state index contributed by atoms with van der Waals surface area (Å²) in [6.45, 7) is 2.88. The summed E-state index contributed by atoms with van der Waals surface area (Å²) < 4.78 is 15.4. The largest absolute Gasteiger partial charge is 0.345 e. The van der Waals surface area contributed by atoms with Gasteiger partial charge in [-0.3, -0.25) is 4.79 Å². The molecule has 0 atom stereocenters. The highest BCUT2D eigenvalue weighted by Crippen LogP contribution is 2.15. The van der Waals surface area contributed by atoms with Crippen molar-refractivity contribution in [2.45, 2.75) is 26.3 Å². The van der Waals surface area contributed by atoms with Crippen LogP contribution in [0.4, 0.5) is 4.39 Å². The molecule has 3 rings (SSSR count). The number of aromatic nitrogens is 1. The first-order valence-corrected chi connectivity index (χ1v) is 7.55. The van der Waals surface area contributed by atoms with Gasteiger partial charge in [0.1, 0.15) is 5.82 Å². The maximum absolute atomic E-state index is 13.3. The van der Waals surface area contributed by atoms with Crippen LogP contribution in [-0.4, -0.2) is 4.57 Å². The normalized spacial score (nSPS) is 11.0. The predicted molar refractivity (Wildman–Crippen MR) is 87.7 cm³/mol. The lowest BCUT2D eigenvalue weighted by atomic mass is 10.1. The van der Waals surface area contributed by atoms with Crippen molar-refractivity contribution < 1.29 is 4.39 Å². The first-order chi connectivity index (χ1) is 10.7. The zero-order valence-electron chi connectivity index (χ0n) is 12.6. The van der Waals surface area contributed by atoms with Gasteiger partial charge >= 0.3 is 0 Å². The van der Waals surface area contributed by atoms with Gasteiger partial charge in [-0.25, -0.2) is 4.39 Å². The maximum atomic E-state index is 13.3. The second-order valence-electron chi connectivity index (χ2n) is 5.39. The molecule has 3 heteroatoms. The van der Waals surface area contributed by atoms with E-state index in [0.29, 0.717) is 0 Å². The van der Waals surface area contributed by atoms with Crippen molar-refractivity contribution in [3.8, 4) is 0 Å². The molecule has 2 aromatic carbocycles. The van der Waals surface area contributed by atoms with Crippen molar-refractivity contribution in [2.24, 2.45) is 0 Å². The summed E-state index contributed by atoms with van der Waals surface area (Å²) in [6, 6.07) is 16.0. The van der Waals surface area contributed by atoms with E-state index < -0.39 is 0 Å². The summed E-state index contributed by atoms with van der Waals surface area (Å²) >= 11 is 0. The first-order valence-electron chi connectivity index (χ1n) is 7.55. The molecule has 0 fully saturated rings. The van der Waals surface area contributed by atoms with Gasteiger partial charge in [0.15, 0.2) is 5.43 Å². The molecular weight excluding hydrogens is 277 g/mol. The van der Waals surface area contributed by atoms with E-state index in [1.165, 1.54) is 6.07 Å². The van der Waals surface area contributed by atoms with Crippen LogP contribution in [0.1, 0.15) is 18.2 Å². The summed E-state index contributed by atoms with van der Waals surface area (Å²) in [5.41, 5.74) is 2.96. The van der Waals surface area contributed by atoms with Crippen LogP contribution >= 0.6 is 0 Å². The quantitative estimate of drug-likeness (QED) is 0.714.